The van der Waals surface area contributed by atoms with E-state index in [-0.39, 0.29) is 11.2 Å². The fourth-order valence-corrected chi connectivity index (χ4v) is 0.961. The SMILES string of the molecule is CN(C)c1cc(C(=O)O)nc(N(C)C)n1.O. The first-order valence-corrected chi connectivity index (χ1v) is 4.39. The number of aromatic carboxylic acids is 1. The molecule has 0 bridgehead atoms. The van der Waals surface area contributed by atoms with Gasteiger partial charge in [-0.1, -0.05) is 0 Å². The first kappa shape index (κ1) is 14.1. The first-order valence-electron chi connectivity index (χ1n) is 4.39. The zero-order chi connectivity index (χ0) is 11.6. The second kappa shape index (κ2) is 5.26. The van der Waals surface area contributed by atoms with Gasteiger partial charge in [0.2, 0.25) is 5.95 Å². The maximum Gasteiger partial charge on any atom is 0.354 e. The van der Waals surface area contributed by atoms with Crippen LogP contribution in [-0.2, 0) is 0 Å². The molecular formula is C9H16N4O3. The molecule has 0 unspecified atom stereocenters. The Hall–Kier alpha value is -1.89. The molecule has 90 valence electrons. The molecule has 0 aliphatic carbocycles. The van der Waals surface area contributed by atoms with Crippen molar-refractivity contribution in [3.63, 3.8) is 0 Å². The first-order chi connectivity index (χ1) is 6.91. The number of carbonyl (C=O) groups is 1. The maximum atomic E-state index is 10.8. The molecular weight excluding hydrogens is 212 g/mol. The van der Waals surface area contributed by atoms with E-state index in [2.05, 4.69) is 9.97 Å². The van der Waals surface area contributed by atoms with Crippen LogP contribution in [0.1, 0.15) is 10.5 Å². The summed E-state index contributed by atoms with van der Waals surface area (Å²) in [5, 5.41) is 8.87. The van der Waals surface area contributed by atoms with E-state index in [0.717, 1.165) is 0 Å². The number of nitrogens with zero attached hydrogens (tertiary/aromatic N) is 4. The van der Waals surface area contributed by atoms with Crippen molar-refractivity contribution in [1.29, 1.82) is 0 Å². The Morgan fingerprint density at radius 3 is 2.12 bits per heavy atom. The van der Waals surface area contributed by atoms with E-state index in [0.29, 0.717) is 11.8 Å². The van der Waals surface area contributed by atoms with Gasteiger partial charge in [0.1, 0.15) is 5.82 Å². The lowest BCUT2D eigenvalue weighted by Crippen LogP contribution is -2.19. The maximum absolute atomic E-state index is 10.8. The topological polar surface area (TPSA) is 101 Å². The number of carboxylic acid groups (broad SMARTS) is 1. The minimum atomic E-state index is -1.05. The molecule has 7 heteroatoms. The smallest absolute Gasteiger partial charge is 0.354 e. The summed E-state index contributed by atoms with van der Waals surface area (Å²) in [4.78, 5) is 22.3. The fourth-order valence-electron chi connectivity index (χ4n) is 0.961. The average Bonchev–Trinajstić information content (AvgIpc) is 2.16. The van der Waals surface area contributed by atoms with E-state index in [4.69, 9.17) is 5.11 Å². The number of rotatable bonds is 3. The van der Waals surface area contributed by atoms with Crippen LogP contribution in [0, 0.1) is 0 Å². The normalized spacial score (nSPS) is 9.25. The molecule has 16 heavy (non-hydrogen) atoms. The Bertz CT molecular complexity index is 353. The number of hydrogen-bond acceptors (Lipinski definition) is 5. The predicted molar refractivity (Wildman–Crippen MR) is 61.3 cm³/mol. The highest BCUT2D eigenvalue weighted by atomic mass is 16.4. The van der Waals surface area contributed by atoms with Crippen LogP contribution in [0.15, 0.2) is 6.07 Å². The molecule has 0 saturated carbocycles. The molecule has 3 N–H and O–H groups in total. The van der Waals surface area contributed by atoms with E-state index in [1.165, 1.54) is 6.07 Å². The highest BCUT2D eigenvalue weighted by Gasteiger charge is 2.12. The highest BCUT2D eigenvalue weighted by molar-refractivity contribution is 5.86. The Labute approximate surface area is 93.7 Å². The molecule has 0 aromatic carbocycles. The number of aromatic nitrogens is 2. The van der Waals surface area contributed by atoms with E-state index >= 15 is 0 Å². The van der Waals surface area contributed by atoms with Crippen LogP contribution in [0.5, 0.6) is 0 Å². The summed E-state index contributed by atoms with van der Waals surface area (Å²) in [6.07, 6.45) is 0. The Kier molecular flexibility index (Phi) is 4.64. The third kappa shape index (κ3) is 3.06. The van der Waals surface area contributed by atoms with E-state index < -0.39 is 5.97 Å². The molecule has 0 atom stereocenters. The molecule has 1 heterocycles. The van der Waals surface area contributed by atoms with Crippen molar-refractivity contribution in [3.05, 3.63) is 11.8 Å². The molecule has 1 aromatic heterocycles. The van der Waals surface area contributed by atoms with Crippen LogP contribution in [0.2, 0.25) is 0 Å². The monoisotopic (exact) mass is 228 g/mol. The molecule has 1 aromatic rings. The van der Waals surface area contributed by atoms with Crippen molar-refractivity contribution >= 4 is 17.7 Å². The van der Waals surface area contributed by atoms with Crippen molar-refractivity contribution in [2.75, 3.05) is 38.0 Å². The van der Waals surface area contributed by atoms with Crippen LogP contribution in [0.25, 0.3) is 0 Å². The summed E-state index contributed by atoms with van der Waals surface area (Å²) in [5.41, 5.74) is -0.00241. The van der Waals surface area contributed by atoms with Crippen molar-refractivity contribution in [1.82, 2.24) is 9.97 Å². The lowest BCUT2D eigenvalue weighted by molar-refractivity contribution is 0.0690. The van der Waals surface area contributed by atoms with Crippen molar-refractivity contribution in [2.24, 2.45) is 0 Å². The summed E-state index contributed by atoms with van der Waals surface area (Å²) < 4.78 is 0. The minimum Gasteiger partial charge on any atom is -0.477 e. The van der Waals surface area contributed by atoms with Crippen molar-refractivity contribution in [3.8, 4) is 0 Å². The molecule has 7 nitrogen and oxygen atoms in total. The molecule has 1 rings (SSSR count). The lowest BCUT2D eigenvalue weighted by Gasteiger charge is -2.16. The van der Waals surface area contributed by atoms with Crippen LogP contribution in [0.4, 0.5) is 11.8 Å². The van der Waals surface area contributed by atoms with Gasteiger partial charge >= 0.3 is 5.97 Å². The quantitative estimate of drug-likeness (QED) is 0.747. The third-order valence-corrected chi connectivity index (χ3v) is 1.78. The summed E-state index contributed by atoms with van der Waals surface area (Å²) in [5.74, 6) is -0.0895. The molecule has 0 amide bonds. The summed E-state index contributed by atoms with van der Waals surface area (Å²) in [7, 11) is 7.13. The second-order valence-corrected chi connectivity index (χ2v) is 3.51. The van der Waals surface area contributed by atoms with Gasteiger partial charge in [0.05, 0.1) is 0 Å². The van der Waals surface area contributed by atoms with E-state index in [1.807, 2.05) is 0 Å². The summed E-state index contributed by atoms with van der Waals surface area (Å²) in [6, 6.07) is 1.44. The van der Waals surface area contributed by atoms with Gasteiger partial charge in [0, 0.05) is 34.3 Å². The zero-order valence-corrected chi connectivity index (χ0v) is 9.72. The standard InChI is InChI=1S/C9H14N4O2.H2O/c1-12(2)7-5-6(8(14)15)10-9(11-7)13(3)4;/h5H,1-4H3,(H,14,15);1H2. The molecule has 0 aliphatic heterocycles. The number of anilines is 2. The number of hydrogen-bond donors (Lipinski definition) is 1. The van der Waals surface area contributed by atoms with Crippen LogP contribution in [0.3, 0.4) is 0 Å². The largest absolute Gasteiger partial charge is 0.477 e. The third-order valence-electron chi connectivity index (χ3n) is 1.78. The molecule has 0 spiro atoms. The molecule has 0 saturated heterocycles. The highest BCUT2D eigenvalue weighted by Crippen LogP contribution is 2.14. The van der Waals surface area contributed by atoms with Gasteiger partial charge in [-0.2, -0.15) is 4.98 Å². The minimum absolute atomic E-state index is 0. The summed E-state index contributed by atoms with van der Waals surface area (Å²) in [6.45, 7) is 0. The Morgan fingerprint density at radius 1 is 1.19 bits per heavy atom. The zero-order valence-electron chi connectivity index (χ0n) is 9.72. The molecule has 0 fully saturated rings. The van der Waals surface area contributed by atoms with E-state index in [9.17, 15) is 4.79 Å². The average molecular weight is 228 g/mol. The fraction of sp³-hybridized carbons (Fsp3) is 0.444. The van der Waals surface area contributed by atoms with Gasteiger partial charge in [-0.15, -0.1) is 0 Å². The van der Waals surface area contributed by atoms with Gasteiger partial charge in [0.15, 0.2) is 5.69 Å². The lowest BCUT2D eigenvalue weighted by atomic mass is 10.4. The number of carboxylic acids is 1. The van der Waals surface area contributed by atoms with Gasteiger partial charge in [-0.3, -0.25) is 0 Å². The molecule has 0 radical (unpaired) electrons. The Morgan fingerprint density at radius 2 is 1.75 bits per heavy atom. The van der Waals surface area contributed by atoms with Gasteiger partial charge < -0.3 is 20.4 Å². The Balaban J connectivity index is 0.00000225. The summed E-state index contributed by atoms with van der Waals surface area (Å²) >= 11 is 0. The van der Waals surface area contributed by atoms with Crippen LogP contribution in [-0.4, -0.2) is 54.7 Å². The van der Waals surface area contributed by atoms with Crippen LogP contribution < -0.4 is 9.80 Å². The van der Waals surface area contributed by atoms with Crippen molar-refractivity contribution < 1.29 is 15.4 Å². The van der Waals surface area contributed by atoms with E-state index in [1.54, 1.807) is 38.0 Å². The van der Waals surface area contributed by atoms with Gasteiger partial charge in [-0.25, -0.2) is 9.78 Å². The van der Waals surface area contributed by atoms with Crippen molar-refractivity contribution in [2.45, 2.75) is 0 Å². The molecule has 0 aliphatic rings. The predicted octanol–water partition coefficient (Wildman–Crippen LogP) is -0.518. The van der Waals surface area contributed by atoms with Gasteiger partial charge in [-0.05, 0) is 0 Å². The van der Waals surface area contributed by atoms with Gasteiger partial charge in [0.25, 0.3) is 0 Å². The van der Waals surface area contributed by atoms with Crippen LogP contribution >= 0.6 is 0 Å². The second-order valence-electron chi connectivity index (χ2n) is 3.51.